The van der Waals surface area contributed by atoms with E-state index in [9.17, 15) is 22.0 Å². The molecule has 0 radical (unpaired) electrons. The first-order valence-electron chi connectivity index (χ1n) is 9.36. The Kier molecular flexibility index (Phi) is 5.78. The summed E-state index contributed by atoms with van der Waals surface area (Å²) < 4.78 is 54.8. The van der Waals surface area contributed by atoms with E-state index in [0.717, 1.165) is 17.7 Å². The Hall–Kier alpha value is -2.32. The maximum Gasteiger partial charge on any atom is 0.259 e. The van der Waals surface area contributed by atoms with Crippen molar-refractivity contribution in [3.63, 3.8) is 0 Å². The summed E-state index contributed by atoms with van der Waals surface area (Å²) in [6.45, 7) is 6.38. The van der Waals surface area contributed by atoms with E-state index in [1.54, 1.807) is 24.3 Å². The van der Waals surface area contributed by atoms with Crippen molar-refractivity contribution in [2.45, 2.75) is 31.1 Å². The highest BCUT2D eigenvalue weighted by atomic mass is 32.2. The number of rotatable bonds is 3. The minimum absolute atomic E-state index is 0.0607. The van der Waals surface area contributed by atoms with E-state index in [-0.39, 0.29) is 36.5 Å². The Morgan fingerprint density at radius 1 is 0.897 bits per heavy atom. The van der Waals surface area contributed by atoms with Crippen molar-refractivity contribution in [2.75, 3.05) is 26.2 Å². The minimum Gasteiger partial charge on any atom is -0.336 e. The summed E-state index contributed by atoms with van der Waals surface area (Å²) in [4.78, 5) is 13.9. The van der Waals surface area contributed by atoms with E-state index in [0.29, 0.717) is 0 Å². The summed E-state index contributed by atoms with van der Waals surface area (Å²) in [5.41, 5.74) is 0.330. The molecule has 0 aliphatic carbocycles. The lowest BCUT2D eigenvalue weighted by Gasteiger charge is -2.34. The highest BCUT2D eigenvalue weighted by Gasteiger charge is 2.32. The predicted octanol–water partition coefficient (Wildman–Crippen LogP) is 3.41. The first-order chi connectivity index (χ1) is 13.5. The lowest BCUT2D eigenvalue weighted by molar-refractivity contribution is 0.0688. The first kappa shape index (κ1) is 21.4. The Morgan fingerprint density at radius 2 is 1.41 bits per heavy atom. The highest BCUT2D eigenvalue weighted by molar-refractivity contribution is 7.89. The van der Waals surface area contributed by atoms with Crippen molar-refractivity contribution in [1.29, 1.82) is 0 Å². The van der Waals surface area contributed by atoms with Crippen LogP contribution in [0.15, 0.2) is 47.4 Å². The van der Waals surface area contributed by atoms with Gasteiger partial charge in [0, 0.05) is 26.2 Å². The molecule has 0 spiro atoms. The number of nitrogens with zero attached hydrogens (tertiary/aromatic N) is 2. The first-order valence-corrected chi connectivity index (χ1v) is 10.8. The smallest absolute Gasteiger partial charge is 0.259 e. The molecule has 29 heavy (non-hydrogen) atoms. The molecule has 1 amide bonds. The number of carbonyl (C=O) groups excluding carboxylic acids is 1. The zero-order valence-corrected chi connectivity index (χ0v) is 17.5. The van der Waals surface area contributed by atoms with Crippen molar-refractivity contribution in [1.82, 2.24) is 9.21 Å². The van der Waals surface area contributed by atoms with Crippen molar-refractivity contribution in [3.8, 4) is 0 Å². The van der Waals surface area contributed by atoms with Crippen LogP contribution in [-0.2, 0) is 15.4 Å². The number of sulfonamides is 1. The molecule has 2 aromatic rings. The molecule has 1 fully saturated rings. The number of benzene rings is 2. The predicted molar refractivity (Wildman–Crippen MR) is 106 cm³/mol. The zero-order valence-electron chi connectivity index (χ0n) is 16.7. The minimum atomic E-state index is -3.71. The van der Waals surface area contributed by atoms with Crippen LogP contribution in [0.1, 0.15) is 36.7 Å². The molecule has 0 atom stereocenters. The van der Waals surface area contributed by atoms with Crippen LogP contribution in [-0.4, -0.2) is 49.7 Å². The largest absolute Gasteiger partial charge is 0.336 e. The van der Waals surface area contributed by atoms with Gasteiger partial charge >= 0.3 is 0 Å². The zero-order chi connectivity index (χ0) is 21.4. The van der Waals surface area contributed by atoms with Gasteiger partial charge in [0.2, 0.25) is 10.0 Å². The highest BCUT2D eigenvalue weighted by Crippen LogP contribution is 2.25. The SMILES string of the molecule is CC(C)(C)c1ccc(S(=O)(=O)N2CCN(C(=O)c3c(F)cccc3F)CC2)cc1. The van der Waals surface area contributed by atoms with E-state index in [1.165, 1.54) is 15.3 Å². The van der Waals surface area contributed by atoms with Crippen LogP contribution in [0.4, 0.5) is 8.78 Å². The average Bonchev–Trinajstić information content (AvgIpc) is 2.67. The van der Waals surface area contributed by atoms with Gasteiger partial charge in [-0.1, -0.05) is 39.0 Å². The van der Waals surface area contributed by atoms with Crippen LogP contribution in [0.2, 0.25) is 0 Å². The Balaban J connectivity index is 1.72. The molecule has 0 N–H and O–H groups in total. The van der Waals surface area contributed by atoms with Gasteiger partial charge in [-0.2, -0.15) is 4.31 Å². The molecule has 1 saturated heterocycles. The fourth-order valence-corrected chi connectivity index (χ4v) is 4.69. The molecule has 5 nitrogen and oxygen atoms in total. The second kappa shape index (κ2) is 7.84. The van der Waals surface area contributed by atoms with E-state index < -0.39 is 33.1 Å². The second-order valence-corrected chi connectivity index (χ2v) is 10.0. The fraction of sp³-hybridized carbons (Fsp3) is 0.381. The van der Waals surface area contributed by atoms with Gasteiger partial charge < -0.3 is 4.90 Å². The maximum absolute atomic E-state index is 13.9. The average molecular weight is 422 g/mol. The molecular formula is C21H24F2N2O3S. The molecule has 1 aliphatic rings. The number of amides is 1. The molecular weight excluding hydrogens is 398 g/mol. The summed E-state index contributed by atoms with van der Waals surface area (Å²) in [7, 11) is -3.71. The summed E-state index contributed by atoms with van der Waals surface area (Å²) >= 11 is 0. The molecule has 1 aliphatic heterocycles. The lowest BCUT2D eigenvalue weighted by Crippen LogP contribution is -2.50. The molecule has 0 bridgehead atoms. The number of carbonyl (C=O) groups is 1. The molecule has 156 valence electrons. The number of halogens is 2. The van der Waals surface area contributed by atoms with Gasteiger partial charge in [-0.3, -0.25) is 4.79 Å². The van der Waals surface area contributed by atoms with Crippen LogP contribution in [0.3, 0.4) is 0 Å². The molecule has 2 aromatic carbocycles. The number of piperazine rings is 1. The van der Waals surface area contributed by atoms with E-state index in [4.69, 9.17) is 0 Å². The van der Waals surface area contributed by atoms with Crippen LogP contribution in [0.5, 0.6) is 0 Å². The third kappa shape index (κ3) is 4.33. The van der Waals surface area contributed by atoms with E-state index >= 15 is 0 Å². The quantitative estimate of drug-likeness (QED) is 0.762. The van der Waals surface area contributed by atoms with Crippen molar-refractivity contribution < 1.29 is 22.0 Å². The molecule has 0 saturated carbocycles. The lowest BCUT2D eigenvalue weighted by atomic mass is 9.87. The Bertz CT molecular complexity index is 987. The van der Waals surface area contributed by atoms with Crippen molar-refractivity contribution >= 4 is 15.9 Å². The van der Waals surface area contributed by atoms with Gasteiger partial charge in [0.15, 0.2) is 0 Å². The molecule has 0 aromatic heterocycles. The summed E-state index contributed by atoms with van der Waals surface area (Å²) in [6, 6.07) is 10.0. The van der Waals surface area contributed by atoms with Crippen LogP contribution >= 0.6 is 0 Å². The third-order valence-electron chi connectivity index (χ3n) is 5.06. The van der Waals surface area contributed by atoms with Crippen molar-refractivity contribution in [3.05, 3.63) is 65.2 Å². The van der Waals surface area contributed by atoms with Gasteiger partial charge in [0.05, 0.1) is 4.90 Å². The molecule has 1 heterocycles. The van der Waals surface area contributed by atoms with E-state index in [1.807, 2.05) is 20.8 Å². The fourth-order valence-electron chi connectivity index (χ4n) is 3.27. The summed E-state index contributed by atoms with van der Waals surface area (Å²) in [5.74, 6) is -2.62. The van der Waals surface area contributed by atoms with Gasteiger partial charge in [0.1, 0.15) is 17.2 Å². The van der Waals surface area contributed by atoms with E-state index in [2.05, 4.69) is 0 Å². The summed E-state index contributed by atoms with van der Waals surface area (Å²) in [6.07, 6.45) is 0. The third-order valence-corrected chi connectivity index (χ3v) is 6.97. The van der Waals surface area contributed by atoms with Crippen LogP contribution in [0, 0.1) is 11.6 Å². The second-order valence-electron chi connectivity index (χ2n) is 8.07. The monoisotopic (exact) mass is 422 g/mol. The van der Waals surface area contributed by atoms with Gasteiger partial charge in [0.25, 0.3) is 5.91 Å². The number of hydrogen-bond donors (Lipinski definition) is 0. The normalized spacial score (nSPS) is 16.1. The van der Waals surface area contributed by atoms with Crippen LogP contribution in [0.25, 0.3) is 0 Å². The van der Waals surface area contributed by atoms with Gasteiger partial charge in [-0.25, -0.2) is 17.2 Å². The molecule has 8 heteroatoms. The summed E-state index contributed by atoms with van der Waals surface area (Å²) in [5, 5.41) is 0. The van der Waals surface area contributed by atoms with Gasteiger partial charge in [-0.05, 0) is 35.2 Å². The Labute approximate surface area is 170 Å². The number of hydrogen-bond acceptors (Lipinski definition) is 3. The molecule has 3 rings (SSSR count). The van der Waals surface area contributed by atoms with Gasteiger partial charge in [-0.15, -0.1) is 0 Å². The Morgan fingerprint density at radius 3 is 1.90 bits per heavy atom. The maximum atomic E-state index is 13.9. The standard InChI is InChI=1S/C21H24F2N2O3S/c1-21(2,3)15-7-9-16(10-8-15)29(27,28)25-13-11-24(12-14-25)20(26)19-17(22)5-4-6-18(19)23/h4-10H,11-14H2,1-3H3. The molecule has 0 unspecified atom stereocenters. The van der Waals surface area contributed by atoms with Crippen LogP contribution < -0.4 is 0 Å². The topological polar surface area (TPSA) is 57.7 Å². The van der Waals surface area contributed by atoms with Crippen molar-refractivity contribution in [2.24, 2.45) is 0 Å².